The van der Waals surface area contributed by atoms with Crippen LogP contribution in [0.5, 0.6) is 0 Å². The monoisotopic (exact) mass is 257 g/mol. The average molecular weight is 257 g/mol. The molecule has 0 N–H and O–H groups in total. The van der Waals surface area contributed by atoms with Gasteiger partial charge in [-0.25, -0.2) is 0 Å². The Hall–Kier alpha value is -2.02. The van der Waals surface area contributed by atoms with Gasteiger partial charge in [-0.1, -0.05) is 6.07 Å². The predicted octanol–water partition coefficient (Wildman–Crippen LogP) is 2.13. The molecule has 1 aliphatic rings. The summed E-state index contributed by atoms with van der Waals surface area (Å²) in [4.78, 5) is 16.2. The van der Waals surface area contributed by atoms with Crippen molar-refractivity contribution < 1.29 is 4.79 Å². The number of carbonyl (C=O) groups is 1. The van der Waals surface area contributed by atoms with Crippen LogP contribution in [0.2, 0.25) is 0 Å². The molecule has 1 heterocycles. The minimum Gasteiger partial charge on any atom is -0.378 e. The fourth-order valence-electron chi connectivity index (χ4n) is 2.31. The summed E-state index contributed by atoms with van der Waals surface area (Å²) in [7, 11) is 3.92. The number of piperidine rings is 1. The van der Waals surface area contributed by atoms with Gasteiger partial charge in [0, 0.05) is 44.4 Å². The summed E-state index contributed by atoms with van der Waals surface area (Å²) in [5.41, 5.74) is 1.75. The molecule has 4 heteroatoms. The molecule has 0 unspecified atom stereocenters. The summed E-state index contributed by atoms with van der Waals surface area (Å²) >= 11 is 0. The second-order valence-corrected chi connectivity index (χ2v) is 5.14. The highest BCUT2D eigenvalue weighted by Crippen LogP contribution is 2.20. The summed E-state index contributed by atoms with van der Waals surface area (Å²) < 4.78 is 0. The number of rotatable bonds is 2. The minimum absolute atomic E-state index is 0.0695. The van der Waals surface area contributed by atoms with Crippen molar-refractivity contribution >= 4 is 11.6 Å². The summed E-state index contributed by atoms with van der Waals surface area (Å²) in [6.45, 7) is 1.37. The van der Waals surface area contributed by atoms with Crippen LogP contribution in [0.1, 0.15) is 23.2 Å². The molecule has 0 radical (unpaired) electrons. The molecule has 1 saturated heterocycles. The summed E-state index contributed by atoms with van der Waals surface area (Å²) in [6.07, 6.45) is 1.57. The zero-order valence-corrected chi connectivity index (χ0v) is 11.5. The molecule has 0 saturated carbocycles. The first-order valence-electron chi connectivity index (χ1n) is 6.58. The highest BCUT2D eigenvalue weighted by atomic mass is 16.2. The fraction of sp³-hybridized carbons (Fsp3) is 0.467. The zero-order valence-electron chi connectivity index (χ0n) is 11.5. The SMILES string of the molecule is CN(C)c1cccc(C(=O)N2CCC(C#N)CC2)c1. The second kappa shape index (κ2) is 5.75. The maximum Gasteiger partial charge on any atom is 0.253 e. The number of likely N-dealkylation sites (tertiary alicyclic amines) is 1. The molecule has 0 aromatic heterocycles. The normalized spacial score (nSPS) is 15.9. The molecule has 1 fully saturated rings. The van der Waals surface area contributed by atoms with Crippen molar-refractivity contribution in [3.8, 4) is 6.07 Å². The van der Waals surface area contributed by atoms with Gasteiger partial charge in [-0.3, -0.25) is 4.79 Å². The molecule has 0 atom stereocenters. The van der Waals surface area contributed by atoms with Crippen molar-refractivity contribution in [3.63, 3.8) is 0 Å². The molecule has 0 aliphatic carbocycles. The Morgan fingerprint density at radius 1 is 1.37 bits per heavy atom. The van der Waals surface area contributed by atoms with E-state index >= 15 is 0 Å². The van der Waals surface area contributed by atoms with E-state index in [9.17, 15) is 4.79 Å². The van der Waals surface area contributed by atoms with E-state index in [-0.39, 0.29) is 11.8 Å². The number of nitrogens with zero attached hydrogens (tertiary/aromatic N) is 3. The molecule has 1 aliphatic heterocycles. The van der Waals surface area contributed by atoms with Gasteiger partial charge in [0.15, 0.2) is 0 Å². The van der Waals surface area contributed by atoms with Crippen LogP contribution in [0.15, 0.2) is 24.3 Å². The first kappa shape index (κ1) is 13.4. The van der Waals surface area contributed by atoms with Gasteiger partial charge in [-0.2, -0.15) is 5.26 Å². The Kier molecular flexibility index (Phi) is 4.06. The van der Waals surface area contributed by atoms with Gasteiger partial charge in [0.05, 0.1) is 6.07 Å². The van der Waals surface area contributed by atoms with E-state index in [1.54, 1.807) is 0 Å². The standard InChI is InChI=1S/C15H19N3O/c1-17(2)14-5-3-4-13(10-14)15(19)18-8-6-12(11-16)7-9-18/h3-5,10,12H,6-9H2,1-2H3. The molecule has 100 valence electrons. The lowest BCUT2D eigenvalue weighted by molar-refractivity contribution is 0.0707. The Bertz CT molecular complexity index is 496. The topological polar surface area (TPSA) is 47.3 Å². The largest absolute Gasteiger partial charge is 0.378 e. The maximum atomic E-state index is 12.4. The van der Waals surface area contributed by atoms with E-state index in [4.69, 9.17) is 5.26 Å². The minimum atomic E-state index is 0.0695. The number of hydrogen-bond acceptors (Lipinski definition) is 3. The molecule has 0 spiro atoms. The molecular formula is C15H19N3O. The van der Waals surface area contributed by atoms with Crippen LogP contribution in [0.4, 0.5) is 5.69 Å². The van der Waals surface area contributed by atoms with Crippen molar-refractivity contribution in [2.45, 2.75) is 12.8 Å². The molecule has 1 aromatic rings. The third-order valence-corrected chi connectivity index (χ3v) is 3.57. The molecule has 1 aromatic carbocycles. The summed E-state index contributed by atoms with van der Waals surface area (Å²) in [5, 5.41) is 8.87. The number of nitriles is 1. The summed E-state index contributed by atoms with van der Waals surface area (Å²) in [5.74, 6) is 0.178. The Labute approximate surface area is 114 Å². The first-order valence-corrected chi connectivity index (χ1v) is 6.58. The Balaban J connectivity index is 2.08. The van der Waals surface area contributed by atoms with E-state index in [1.165, 1.54) is 0 Å². The van der Waals surface area contributed by atoms with Crippen molar-refractivity contribution in [3.05, 3.63) is 29.8 Å². The van der Waals surface area contributed by atoms with Crippen LogP contribution >= 0.6 is 0 Å². The smallest absolute Gasteiger partial charge is 0.253 e. The highest BCUT2D eigenvalue weighted by Gasteiger charge is 2.23. The van der Waals surface area contributed by atoms with Crippen LogP contribution in [-0.4, -0.2) is 38.0 Å². The van der Waals surface area contributed by atoms with Crippen molar-refractivity contribution in [2.75, 3.05) is 32.1 Å². The van der Waals surface area contributed by atoms with Gasteiger partial charge in [0.25, 0.3) is 5.91 Å². The van der Waals surface area contributed by atoms with E-state index in [0.29, 0.717) is 13.1 Å². The van der Waals surface area contributed by atoms with Crippen LogP contribution in [0.25, 0.3) is 0 Å². The quantitative estimate of drug-likeness (QED) is 0.815. The van der Waals surface area contributed by atoms with Gasteiger partial charge in [-0.05, 0) is 31.0 Å². The van der Waals surface area contributed by atoms with Gasteiger partial charge in [0.1, 0.15) is 0 Å². The lowest BCUT2D eigenvalue weighted by Crippen LogP contribution is -2.38. The summed E-state index contributed by atoms with van der Waals surface area (Å²) in [6, 6.07) is 9.94. The lowest BCUT2D eigenvalue weighted by atomic mass is 9.98. The molecule has 4 nitrogen and oxygen atoms in total. The van der Waals surface area contributed by atoms with Crippen LogP contribution in [0.3, 0.4) is 0 Å². The fourth-order valence-corrected chi connectivity index (χ4v) is 2.31. The van der Waals surface area contributed by atoms with Gasteiger partial charge < -0.3 is 9.80 Å². The van der Waals surface area contributed by atoms with Crippen LogP contribution in [-0.2, 0) is 0 Å². The number of hydrogen-bond donors (Lipinski definition) is 0. The Morgan fingerprint density at radius 2 is 2.05 bits per heavy atom. The zero-order chi connectivity index (χ0) is 13.8. The average Bonchev–Trinajstić information content (AvgIpc) is 2.46. The van der Waals surface area contributed by atoms with Crippen molar-refractivity contribution in [1.29, 1.82) is 5.26 Å². The van der Waals surface area contributed by atoms with Crippen molar-refractivity contribution in [1.82, 2.24) is 4.90 Å². The molecule has 19 heavy (non-hydrogen) atoms. The van der Waals surface area contributed by atoms with Crippen molar-refractivity contribution in [2.24, 2.45) is 5.92 Å². The van der Waals surface area contributed by atoms with Gasteiger partial charge >= 0.3 is 0 Å². The lowest BCUT2D eigenvalue weighted by Gasteiger charge is -2.29. The number of anilines is 1. The third kappa shape index (κ3) is 3.05. The second-order valence-electron chi connectivity index (χ2n) is 5.14. The van der Waals surface area contributed by atoms with E-state index in [1.807, 2.05) is 48.2 Å². The predicted molar refractivity (Wildman–Crippen MR) is 75.0 cm³/mol. The third-order valence-electron chi connectivity index (χ3n) is 3.57. The van der Waals surface area contributed by atoms with Crippen LogP contribution in [0, 0.1) is 17.2 Å². The van der Waals surface area contributed by atoms with E-state index < -0.39 is 0 Å². The number of benzene rings is 1. The number of amides is 1. The maximum absolute atomic E-state index is 12.4. The number of carbonyl (C=O) groups excluding carboxylic acids is 1. The Morgan fingerprint density at radius 3 is 2.63 bits per heavy atom. The van der Waals surface area contributed by atoms with E-state index in [0.717, 1.165) is 24.1 Å². The molecule has 0 bridgehead atoms. The van der Waals surface area contributed by atoms with Crippen LogP contribution < -0.4 is 4.90 Å². The van der Waals surface area contributed by atoms with Gasteiger partial charge in [0.2, 0.25) is 0 Å². The van der Waals surface area contributed by atoms with Gasteiger partial charge in [-0.15, -0.1) is 0 Å². The van der Waals surface area contributed by atoms with E-state index in [2.05, 4.69) is 6.07 Å². The molecule has 1 amide bonds. The molecule has 2 rings (SSSR count). The first-order chi connectivity index (χ1) is 9.11. The molecular weight excluding hydrogens is 238 g/mol. The highest BCUT2D eigenvalue weighted by molar-refractivity contribution is 5.95.